The first-order chi connectivity index (χ1) is 10.2. The average Bonchev–Trinajstić information content (AvgIpc) is 3.16. The number of rotatable bonds is 6. The van der Waals surface area contributed by atoms with Gasteiger partial charge in [0.1, 0.15) is 5.75 Å². The lowest BCUT2D eigenvalue weighted by atomic mass is 10.3. The second-order valence-corrected chi connectivity index (χ2v) is 6.88. The molecule has 1 heterocycles. The van der Waals surface area contributed by atoms with Crippen molar-refractivity contribution in [3.63, 3.8) is 0 Å². The summed E-state index contributed by atoms with van der Waals surface area (Å²) in [5.74, 6) is 1.63. The van der Waals surface area contributed by atoms with Gasteiger partial charge in [-0.3, -0.25) is 0 Å². The summed E-state index contributed by atoms with van der Waals surface area (Å²) in [5.41, 5.74) is 1.83. The second-order valence-electron chi connectivity index (χ2n) is 5.17. The maximum atomic E-state index is 5.33. The minimum absolute atomic E-state index is 0.752. The molecule has 0 bridgehead atoms. The van der Waals surface area contributed by atoms with E-state index in [2.05, 4.69) is 47.5 Å². The lowest BCUT2D eigenvalue weighted by Crippen LogP contribution is -2.16. The van der Waals surface area contributed by atoms with Crippen LogP contribution in [0.1, 0.15) is 18.5 Å². The largest absolute Gasteiger partial charge is 0.495 e. The minimum Gasteiger partial charge on any atom is -0.495 e. The van der Waals surface area contributed by atoms with Gasteiger partial charge in [-0.2, -0.15) is 0 Å². The van der Waals surface area contributed by atoms with Crippen LogP contribution >= 0.6 is 31.9 Å². The molecule has 0 radical (unpaired) electrons. The third kappa shape index (κ3) is 3.64. The Labute approximate surface area is 140 Å². The lowest BCUT2D eigenvalue weighted by Gasteiger charge is -2.08. The Morgan fingerprint density at radius 1 is 1.33 bits per heavy atom. The van der Waals surface area contributed by atoms with E-state index >= 15 is 0 Å². The highest BCUT2D eigenvalue weighted by molar-refractivity contribution is 9.11. The highest BCUT2D eigenvalue weighted by atomic mass is 79.9. The zero-order chi connectivity index (χ0) is 14.8. The molecule has 1 N–H and O–H groups in total. The van der Waals surface area contributed by atoms with Crippen LogP contribution in [0.2, 0.25) is 0 Å². The molecule has 1 fully saturated rings. The Balaban J connectivity index is 1.75. The number of benzene rings is 1. The van der Waals surface area contributed by atoms with Gasteiger partial charge in [0.15, 0.2) is 0 Å². The molecule has 1 aliphatic carbocycles. The number of nitrogens with one attached hydrogen (secondary N) is 1. The van der Waals surface area contributed by atoms with Crippen molar-refractivity contribution in [1.29, 1.82) is 0 Å². The van der Waals surface area contributed by atoms with Crippen molar-refractivity contribution in [2.45, 2.75) is 19.4 Å². The van der Waals surface area contributed by atoms with Gasteiger partial charge in [0.05, 0.1) is 29.2 Å². The number of nitrogens with zero attached hydrogens (tertiary/aromatic N) is 3. The first-order valence-electron chi connectivity index (χ1n) is 6.82. The van der Waals surface area contributed by atoms with E-state index in [0.29, 0.717) is 0 Å². The number of aromatic nitrogens is 3. The summed E-state index contributed by atoms with van der Waals surface area (Å²) in [6.45, 7) is 1.82. The summed E-state index contributed by atoms with van der Waals surface area (Å²) < 4.78 is 8.91. The molecule has 0 atom stereocenters. The molecule has 0 aliphatic heterocycles. The van der Waals surface area contributed by atoms with E-state index in [4.69, 9.17) is 4.74 Å². The van der Waals surface area contributed by atoms with E-state index in [1.54, 1.807) is 11.8 Å². The third-order valence-electron chi connectivity index (χ3n) is 3.44. The second kappa shape index (κ2) is 6.46. The standard InChI is InChI=1S/C14H16Br2N4O/c1-21-14-5-13(11(15)4-12(14)16)20-8-10(18-19-20)7-17-6-9-2-3-9/h4-5,8-9,17H,2-3,6-7H2,1H3. The Morgan fingerprint density at radius 3 is 2.86 bits per heavy atom. The molecule has 1 aliphatic rings. The van der Waals surface area contributed by atoms with E-state index in [9.17, 15) is 0 Å². The number of hydrogen-bond donors (Lipinski definition) is 1. The maximum Gasteiger partial charge on any atom is 0.135 e. The molecule has 5 nitrogen and oxygen atoms in total. The minimum atomic E-state index is 0.752. The Kier molecular flexibility index (Phi) is 4.61. The summed E-state index contributed by atoms with van der Waals surface area (Å²) in [6.07, 6.45) is 4.64. The van der Waals surface area contributed by atoms with Gasteiger partial charge in [-0.1, -0.05) is 5.21 Å². The molecule has 1 saturated carbocycles. The molecule has 3 rings (SSSR count). The van der Waals surface area contributed by atoms with Gasteiger partial charge in [0.25, 0.3) is 0 Å². The first kappa shape index (κ1) is 15.0. The van der Waals surface area contributed by atoms with Crippen LogP contribution in [-0.2, 0) is 6.54 Å². The molecular formula is C14H16Br2N4O. The van der Waals surface area contributed by atoms with Gasteiger partial charge in [-0.05, 0) is 63.2 Å². The Morgan fingerprint density at radius 2 is 2.14 bits per heavy atom. The molecule has 1 aromatic heterocycles. The van der Waals surface area contributed by atoms with E-state index in [1.165, 1.54) is 12.8 Å². The number of hydrogen-bond acceptors (Lipinski definition) is 4. The monoisotopic (exact) mass is 414 g/mol. The molecule has 0 spiro atoms. The maximum absolute atomic E-state index is 5.33. The number of halogens is 2. The van der Waals surface area contributed by atoms with E-state index in [0.717, 1.165) is 45.1 Å². The van der Waals surface area contributed by atoms with Crippen LogP contribution in [0.25, 0.3) is 5.69 Å². The average molecular weight is 416 g/mol. The van der Waals surface area contributed by atoms with Crippen LogP contribution in [0.3, 0.4) is 0 Å². The van der Waals surface area contributed by atoms with Gasteiger partial charge < -0.3 is 10.1 Å². The number of ether oxygens (including phenoxy) is 1. The highest BCUT2D eigenvalue weighted by Crippen LogP contribution is 2.33. The predicted molar refractivity (Wildman–Crippen MR) is 87.7 cm³/mol. The molecular weight excluding hydrogens is 400 g/mol. The van der Waals surface area contributed by atoms with E-state index in [1.807, 2.05) is 18.3 Å². The third-order valence-corrected chi connectivity index (χ3v) is 4.70. The SMILES string of the molecule is COc1cc(-n2cc(CNCC3CC3)nn2)c(Br)cc1Br. The first-order valence-corrected chi connectivity index (χ1v) is 8.41. The van der Waals surface area contributed by atoms with Crippen molar-refractivity contribution in [3.05, 3.63) is 33.0 Å². The van der Waals surface area contributed by atoms with Gasteiger partial charge in [0.2, 0.25) is 0 Å². The fourth-order valence-electron chi connectivity index (χ4n) is 2.07. The van der Waals surface area contributed by atoms with Crippen LogP contribution < -0.4 is 10.1 Å². The normalized spacial score (nSPS) is 14.4. The van der Waals surface area contributed by atoms with Crippen molar-refractivity contribution in [2.24, 2.45) is 5.92 Å². The van der Waals surface area contributed by atoms with Gasteiger partial charge in [-0.15, -0.1) is 5.10 Å². The predicted octanol–water partition coefficient (Wildman–Crippen LogP) is 3.30. The summed E-state index contributed by atoms with van der Waals surface area (Å²) >= 11 is 7.01. The molecule has 1 aromatic carbocycles. The molecule has 0 amide bonds. The van der Waals surface area contributed by atoms with Crippen LogP contribution in [0.4, 0.5) is 0 Å². The fourth-order valence-corrected chi connectivity index (χ4v) is 3.41. The van der Waals surface area contributed by atoms with Crippen LogP contribution in [0.5, 0.6) is 5.75 Å². The van der Waals surface area contributed by atoms with Crippen molar-refractivity contribution < 1.29 is 4.74 Å². The summed E-state index contributed by atoms with van der Waals surface area (Å²) in [6, 6.07) is 3.87. The van der Waals surface area contributed by atoms with E-state index < -0.39 is 0 Å². The van der Waals surface area contributed by atoms with Crippen molar-refractivity contribution in [2.75, 3.05) is 13.7 Å². The van der Waals surface area contributed by atoms with Gasteiger partial charge in [0, 0.05) is 17.1 Å². The van der Waals surface area contributed by atoms with E-state index in [-0.39, 0.29) is 0 Å². The van der Waals surface area contributed by atoms with Gasteiger partial charge in [-0.25, -0.2) is 4.68 Å². The van der Waals surface area contributed by atoms with Crippen molar-refractivity contribution >= 4 is 31.9 Å². The fraction of sp³-hybridized carbons (Fsp3) is 0.429. The summed E-state index contributed by atoms with van der Waals surface area (Å²) in [4.78, 5) is 0. The molecule has 0 unspecified atom stereocenters. The topological polar surface area (TPSA) is 52.0 Å². The smallest absolute Gasteiger partial charge is 0.135 e. The summed E-state index contributed by atoms with van der Waals surface area (Å²) in [5, 5.41) is 11.8. The molecule has 21 heavy (non-hydrogen) atoms. The number of methoxy groups -OCH3 is 1. The zero-order valence-corrected chi connectivity index (χ0v) is 14.8. The molecule has 0 saturated heterocycles. The van der Waals surface area contributed by atoms with Crippen molar-refractivity contribution in [1.82, 2.24) is 20.3 Å². The van der Waals surface area contributed by atoms with Gasteiger partial charge >= 0.3 is 0 Å². The lowest BCUT2D eigenvalue weighted by molar-refractivity contribution is 0.411. The Hall–Kier alpha value is -0.920. The van der Waals surface area contributed by atoms with Crippen LogP contribution in [-0.4, -0.2) is 28.6 Å². The van der Waals surface area contributed by atoms with Crippen molar-refractivity contribution in [3.8, 4) is 11.4 Å². The summed E-state index contributed by atoms with van der Waals surface area (Å²) in [7, 11) is 1.65. The zero-order valence-electron chi connectivity index (χ0n) is 11.6. The Bertz CT molecular complexity index is 640. The molecule has 112 valence electrons. The van der Waals surface area contributed by atoms with Crippen LogP contribution in [0, 0.1) is 5.92 Å². The van der Waals surface area contributed by atoms with Crippen LogP contribution in [0.15, 0.2) is 27.3 Å². The molecule has 2 aromatic rings. The highest BCUT2D eigenvalue weighted by Gasteiger charge is 2.20. The quantitative estimate of drug-likeness (QED) is 0.786. The molecule has 7 heteroatoms.